The van der Waals surface area contributed by atoms with Crippen LogP contribution in [0.4, 0.5) is 17.1 Å². The quantitative estimate of drug-likeness (QED) is 0.546. The van der Waals surface area contributed by atoms with Gasteiger partial charge >= 0.3 is 0 Å². The van der Waals surface area contributed by atoms with Crippen LogP contribution in [0.15, 0.2) is 36.4 Å². The van der Waals surface area contributed by atoms with Crippen LogP contribution in [0.3, 0.4) is 0 Å². The number of nitro groups is 2. The van der Waals surface area contributed by atoms with E-state index in [2.05, 4.69) is 5.32 Å². The third-order valence-corrected chi connectivity index (χ3v) is 7.15. The molecule has 28 heavy (non-hydrogen) atoms. The summed E-state index contributed by atoms with van der Waals surface area (Å²) < 4.78 is 0. The summed E-state index contributed by atoms with van der Waals surface area (Å²) in [5.74, 6) is 1.44. The molecule has 1 N–H and O–H groups in total. The highest BCUT2D eigenvalue weighted by atomic mass is 35.5. The van der Waals surface area contributed by atoms with Gasteiger partial charge in [0.05, 0.1) is 15.9 Å². The maximum Gasteiger partial charge on any atom is 0.269 e. The van der Waals surface area contributed by atoms with Crippen LogP contribution in [0.2, 0.25) is 5.02 Å². The van der Waals surface area contributed by atoms with Gasteiger partial charge in [-0.05, 0) is 60.6 Å². The molecule has 144 valence electrons. The van der Waals surface area contributed by atoms with E-state index in [-0.39, 0.29) is 34.2 Å². The summed E-state index contributed by atoms with van der Waals surface area (Å²) in [6.07, 6.45) is 3.35. The third-order valence-electron chi connectivity index (χ3n) is 6.81. The molecule has 0 unspecified atom stereocenters. The molecular weight excluding hydrogens is 382 g/mol. The van der Waals surface area contributed by atoms with Crippen molar-refractivity contribution in [2.75, 3.05) is 5.32 Å². The van der Waals surface area contributed by atoms with Crippen LogP contribution in [0.1, 0.15) is 42.3 Å². The highest BCUT2D eigenvalue weighted by molar-refractivity contribution is 6.31. The van der Waals surface area contributed by atoms with Crippen LogP contribution in [-0.2, 0) is 0 Å². The molecule has 0 saturated heterocycles. The molecule has 1 heterocycles. The Morgan fingerprint density at radius 2 is 1.57 bits per heavy atom. The van der Waals surface area contributed by atoms with Gasteiger partial charge in [-0.3, -0.25) is 20.2 Å². The molecule has 2 aromatic carbocycles. The molecule has 2 aliphatic carbocycles. The fraction of sp³-hybridized carbons (Fsp3) is 0.400. The van der Waals surface area contributed by atoms with E-state index in [1.807, 2.05) is 0 Å². The molecule has 5 rings (SSSR count). The predicted molar refractivity (Wildman–Crippen MR) is 105 cm³/mol. The first-order valence-electron chi connectivity index (χ1n) is 9.42. The number of non-ortho nitro benzene ring substituents is 2. The molecule has 0 radical (unpaired) electrons. The number of benzene rings is 2. The van der Waals surface area contributed by atoms with Crippen molar-refractivity contribution in [1.82, 2.24) is 0 Å². The number of rotatable bonds is 3. The molecule has 2 fully saturated rings. The Kier molecular flexibility index (Phi) is 3.84. The van der Waals surface area contributed by atoms with Crippen molar-refractivity contribution in [3.63, 3.8) is 0 Å². The van der Waals surface area contributed by atoms with E-state index < -0.39 is 4.92 Å². The first-order chi connectivity index (χ1) is 13.4. The van der Waals surface area contributed by atoms with Gasteiger partial charge in [0.15, 0.2) is 0 Å². The minimum atomic E-state index is -0.405. The van der Waals surface area contributed by atoms with E-state index in [1.54, 1.807) is 24.3 Å². The summed E-state index contributed by atoms with van der Waals surface area (Å²) in [5, 5.41) is 26.6. The normalized spacial score (nSPS) is 29.7. The van der Waals surface area contributed by atoms with Gasteiger partial charge in [-0.25, -0.2) is 0 Å². The molecule has 2 aromatic rings. The zero-order chi connectivity index (χ0) is 19.6. The molecule has 1 aliphatic heterocycles. The summed E-state index contributed by atoms with van der Waals surface area (Å²) >= 11 is 6.47. The third kappa shape index (κ3) is 2.49. The Bertz CT molecular complexity index is 1010. The maximum absolute atomic E-state index is 11.3. The van der Waals surface area contributed by atoms with E-state index in [1.165, 1.54) is 12.1 Å². The molecule has 3 aliphatic rings. The fourth-order valence-corrected chi connectivity index (χ4v) is 6.01. The maximum atomic E-state index is 11.3. The van der Waals surface area contributed by atoms with Gasteiger partial charge in [0.1, 0.15) is 0 Å². The number of nitro benzene ring substituents is 2. The van der Waals surface area contributed by atoms with Crippen molar-refractivity contribution in [2.24, 2.45) is 17.8 Å². The fourth-order valence-electron chi connectivity index (χ4n) is 5.78. The minimum Gasteiger partial charge on any atom is -0.378 e. The second kappa shape index (κ2) is 6.17. The van der Waals surface area contributed by atoms with Crippen molar-refractivity contribution < 1.29 is 9.85 Å². The monoisotopic (exact) mass is 399 g/mol. The van der Waals surface area contributed by atoms with E-state index >= 15 is 0 Å². The molecule has 0 amide bonds. The summed E-state index contributed by atoms with van der Waals surface area (Å²) in [6.45, 7) is 0. The Balaban J connectivity index is 1.65. The van der Waals surface area contributed by atoms with E-state index in [0.717, 1.165) is 36.1 Å². The highest BCUT2D eigenvalue weighted by Crippen LogP contribution is 2.64. The molecule has 8 heteroatoms. The van der Waals surface area contributed by atoms with Crippen LogP contribution >= 0.6 is 11.6 Å². The van der Waals surface area contributed by atoms with Gasteiger partial charge in [0, 0.05) is 40.5 Å². The molecule has 0 spiro atoms. The van der Waals surface area contributed by atoms with Gasteiger partial charge in [0.2, 0.25) is 0 Å². The zero-order valence-corrected chi connectivity index (χ0v) is 15.6. The zero-order valence-electron chi connectivity index (χ0n) is 14.9. The van der Waals surface area contributed by atoms with Gasteiger partial charge in [-0.2, -0.15) is 0 Å². The first kappa shape index (κ1) is 17.4. The van der Waals surface area contributed by atoms with Gasteiger partial charge in [-0.1, -0.05) is 11.6 Å². The number of halogens is 1. The number of hydrogen-bond donors (Lipinski definition) is 1. The summed E-state index contributed by atoms with van der Waals surface area (Å²) in [5.41, 5.74) is 2.74. The van der Waals surface area contributed by atoms with Crippen molar-refractivity contribution in [1.29, 1.82) is 0 Å². The average Bonchev–Trinajstić information content (AvgIpc) is 3.29. The van der Waals surface area contributed by atoms with Crippen molar-refractivity contribution >= 4 is 28.7 Å². The van der Waals surface area contributed by atoms with E-state index in [0.29, 0.717) is 16.9 Å². The molecule has 2 saturated carbocycles. The lowest BCUT2D eigenvalue weighted by molar-refractivity contribution is -0.385. The van der Waals surface area contributed by atoms with Crippen molar-refractivity contribution in [3.05, 3.63) is 72.8 Å². The Morgan fingerprint density at radius 1 is 0.929 bits per heavy atom. The van der Waals surface area contributed by atoms with Crippen LogP contribution in [0.5, 0.6) is 0 Å². The first-order valence-corrected chi connectivity index (χ1v) is 9.80. The second-order valence-electron chi connectivity index (χ2n) is 8.05. The number of anilines is 1. The molecular formula is C20H18ClN3O4. The second-order valence-corrected chi connectivity index (χ2v) is 8.46. The molecule has 0 aromatic heterocycles. The van der Waals surface area contributed by atoms with Gasteiger partial charge in [0.25, 0.3) is 11.4 Å². The lowest BCUT2D eigenvalue weighted by Gasteiger charge is -2.43. The van der Waals surface area contributed by atoms with Crippen molar-refractivity contribution in [3.8, 4) is 0 Å². The van der Waals surface area contributed by atoms with E-state index in [4.69, 9.17) is 11.6 Å². The summed E-state index contributed by atoms with van der Waals surface area (Å²) in [4.78, 5) is 21.8. The topological polar surface area (TPSA) is 98.3 Å². The predicted octanol–water partition coefficient (Wildman–Crippen LogP) is 5.45. The van der Waals surface area contributed by atoms with Crippen LogP contribution in [-0.4, -0.2) is 9.85 Å². The largest absolute Gasteiger partial charge is 0.378 e. The number of nitrogens with one attached hydrogen (secondary N) is 1. The van der Waals surface area contributed by atoms with Crippen LogP contribution in [0, 0.1) is 38.0 Å². The van der Waals surface area contributed by atoms with Crippen molar-refractivity contribution in [2.45, 2.75) is 31.2 Å². The smallest absolute Gasteiger partial charge is 0.269 e. The van der Waals surface area contributed by atoms with Crippen LogP contribution in [0.25, 0.3) is 0 Å². The molecule has 2 bridgehead atoms. The number of hydrogen-bond acceptors (Lipinski definition) is 5. The van der Waals surface area contributed by atoms with Gasteiger partial charge < -0.3 is 5.32 Å². The van der Waals surface area contributed by atoms with Gasteiger partial charge in [-0.15, -0.1) is 0 Å². The molecule has 5 atom stereocenters. The average molecular weight is 400 g/mol. The Hall–Kier alpha value is -2.67. The SMILES string of the molecule is O=[N+]([O-])c1ccc2c(c1)[C@@H]1[C@H]3CC[C@@H](C3)[C@H]1[C@H](c1cc([N+](=O)[O-])ccc1Cl)N2. The van der Waals surface area contributed by atoms with E-state index in [9.17, 15) is 20.2 Å². The highest BCUT2D eigenvalue weighted by Gasteiger charge is 2.54. The number of fused-ring (bicyclic) bond motifs is 7. The summed E-state index contributed by atoms with van der Waals surface area (Å²) in [6, 6.07) is 9.40. The number of nitrogens with zero attached hydrogens (tertiary/aromatic N) is 2. The minimum absolute atomic E-state index is 0.0235. The Labute approximate surface area is 166 Å². The lowest BCUT2D eigenvalue weighted by Crippen LogP contribution is -2.35. The Morgan fingerprint density at radius 3 is 2.29 bits per heavy atom. The lowest BCUT2D eigenvalue weighted by atomic mass is 9.68. The molecule has 7 nitrogen and oxygen atoms in total. The standard InChI is InChI=1S/C20H18ClN3O4/c21-16-5-3-12(23(25)26)8-14(16)20-19-11-2-1-10(7-11)18(19)15-9-13(24(27)28)4-6-17(15)22-20/h3-6,8-11,18-20,22H,1-2,7H2/t10-,11-,18-,19+,20-/m0/s1. The van der Waals surface area contributed by atoms with Crippen LogP contribution < -0.4 is 5.32 Å². The summed E-state index contributed by atoms with van der Waals surface area (Å²) in [7, 11) is 0.